The zero-order valence-electron chi connectivity index (χ0n) is 12.9. The Morgan fingerprint density at radius 3 is 2.23 bits per heavy atom. The predicted octanol–water partition coefficient (Wildman–Crippen LogP) is 1.28. The van der Waals surface area contributed by atoms with E-state index in [1.54, 1.807) is 0 Å². The molecule has 0 spiro atoms. The maximum atomic E-state index is 11.3. The Morgan fingerprint density at radius 2 is 1.77 bits per heavy atom. The van der Waals surface area contributed by atoms with Gasteiger partial charge in [0.05, 0.1) is 7.11 Å². The van der Waals surface area contributed by atoms with Gasteiger partial charge in [-0.1, -0.05) is 18.9 Å². The van der Waals surface area contributed by atoms with Gasteiger partial charge < -0.3 is 14.2 Å². The van der Waals surface area contributed by atoms with Crippen molar-refractivity contribution in [3.63, 3.8) is 0 Å². The lowest BCUT2D eigenvalue weighted by molar-refractivity contribution is -0.177. The SMILES string of the molecule is CC.CO/C(COC(=O)ON1C(=O)CCC1=O)=C(/C)OC=O. The molecule has 0 unspecified atom stereocenters. The Labute approximate surface area is 127 Å². The highest BCUT2D eigenvalue weighted by molar-refractivity contribution is 6.01. The molecule has 22 heavy (non-hydrogen) atoms. The van der Waals surface area contributed by atoms with Crippen LogP contribution in [-0.2, 0) is 33.4 Å². The summed E-state index contributed by atoms with van der Waals surface area (Å²) in [6.45, 7) is 5.23. The minimum absolute atomic E-state index is 0.0123. The van der Waals surface area contributed by atoms with E-state index in [-0.39, 0.29) is 37.4 Å². The number of allylic oxidation sites excluding steroid dienone is 1. The number of carbonyl (C=O) groups is 4. The van der Waals surface area contributed by atoms with Crippen LogP contribution in [0.5, 0.6) is 0 Å². The van der Waals surface area contributed by atoms with Gasteiger partial charge in [0.25, 0.3) is 18.3 Å². The Balaban J connectivity index is 0.00000211. The standard InChI is InChI=1S/C11H13NO8.C2H6/c1-7(19-6-13)8(17-2)5-18-11(16)20-12-9(14)3-4-10(12)15;1-2/h6H,3-5H2,1-2H3;1-2H3/b8-7-;. The molecule has 0 aliphatic carbocycles. The van der Waals surface area contributed by atoms with Crippen LogP contribution in [0.2, 0.25) is 0 Å². The number of hydrogen-bond acceptors (Lipinski definition) is 8. The summed E-state index contributed by atoms with van der Waals surface area (Å²) in [5.41, 5.74) is 0. The molecule has 0 N–H and O–H groups in total. The molecule has 1 heterocycles. The number of rotatable bonds is 6. The van der Waals surface area contributed by atoms with Gasteiger partial charge in [0.1, 0.15) is 5.76 Å². The maximum Gasteiger partial charge on any atom is 0.534 e. The Morgan fingerprint density at radius 1 is 1.23 bits per heavy atom. The van der Waals surface area contributed by atoms with Gasteiger partial charge in [-0.15, -0.1) is 0 Å². The van der Waals surface area contributed by atoms with Crippen LogP contribution in [0, 0.1) is 0 Å². The molecule has 9 nitrogen and oxygen atoms in total. The lowest BCUT2D eigenvalue weighted by atomic mass is 10.4. The monoisotopic (exact) mass is 317 g/mol. The lowest BCUT2D eigenvalue weighted by Crippen LogP contribution is -2.32. The molecule has 1 rings (SSSR count). The number of hydroxylamine groups is 2. The van der Waals surface area contributed by atoms with Gasteiger partial charge in [0, 0.05) is 12.8 Å². The third-order valence-corrected chi connectivity index (χ3v) is 2.36. The van der Waals surface area contributed by atoms with Gasteiger partial charge in [-0.05, 0) is 6.92 Å². The highest BCUT2D eigenvalue weighted by Gasteiger charge is 2.33. The second-order valence-corrected chi connectivity index (χ2v) is 3.61. The predicted molar refractivity (Wildman–Crippen MR) is 71.7 cm³/mol. The molecular formula is C13H19NO8. The van der Waals surface area contributed by atoms with Gasteiger partial charge in [0.2, 0.25) is 0 Å². The van der Waals surface area contributed by atoms with Crippen LogP contribution < -0.4 is 0 Å². The van der Waals surface area contributed by atoms with E-state index in [1.165, 1.54) is 14.0 Å². The summed E-state index contributed by atoms with van der Waals surface area (Å²) in [5, 5.41) is 0.354. The van der Waals surface area contributed by atoms with Gasteiger partial charge >= 0.3 is 6.16 Å². The van der Waals surface area contributed by atoms with Crippen molar-refractivity contribution in [3.8, 4) is 0 Å². The molecule has 124 valence electrons. The highest BCUT2D eigenvalue weighted by Crippen LogP contribution is 2.13. The number of imide groups is 1. The fourth-order valence-corrected chi connectivity index (χ4v) is 1.33. The Kier molecular flexibility index (Phi) is 9.00. The highest BCUT2D eigenvalue weighted by atomic mass is 16.8. The van der Waals surface area contributed by atoms with Crippen molar-refractivity contribution < 1.29 is 38.2 Å². The molecule has 0 atom stereocenters. The van der Waals surface area contributed by atoms with Crippen LogP contribution in [0.15, 0.2) is 11.5 Å². The molecule has 0 aromatic heterocycles. The first-order chi connectivity index (χ1) is 10.5. The van der Waals surface area contributed by atoms with E-state index in [0.717, 1.165) is 0 Å². The number of ether oxygens (including phenoxy) is 3. The van der Waals surface area contributed by atoms with Crippen molar-refractivity contribution in [3.05, 3.63) is 11.5 Å². The molecular weight excluding hydrogens is 298 g/mol. The summed E-state index contributed by atoms with van der Waals surface area (Å²) >= 11 is 0. The third-order valence-electron chi connectivity index (χ3n) is 2.36. The van der Waals surface area contributed by atoms with E-state index < -0.39 is 18.0 Å². The van der Waals surface area contributed by atoms with Crippen LogP contribution in [0.1, 0.15) is 33.6 Å². The summed E-state index contributed by atoms with van der Waals surface area (Å²) < 4.78 is 14.0. The van der Waals surface area contributed by atoms with Crippen LogP contribution in [-0.4, -0.2) is 43.2 Å². The molecule has 1 saturated heterocycles. The molecule has 0 saturated carbocycles. The second-order valence-electron chi connectivity index (χ2n) is 3.61. The van der Waals surface area contributed by atoms with Crippen molar-refractivity contribution in [1.29, 1.82) is 0 Å². The minimum Gasteiger partial charge on any atom is -0.494 e. The molecule has 9 heteroatoms. The second kappa shape index (κ2) is 10.2. The van der Waals surface area contributed by atoms with E-state index in [0.29, 0.717) is 5.06 Å². The summed E-state index contributed by atoms with van der Waals surface area (Å²) in [6.07, 6.45) is -1.27. The van der Waals surface area contributed by atoms with Gasteiger partial charge in [0.15, 0.2) is 12.4 Å². The van der Waals surface area contributed by atoms with Crippen LogP contribution in [0.3, 0.4) is 0 Å². The normalized spacial score (nSPS) is 14.5. The van der Waals surface area contributed by atoms with Crippen molar-refractivity contribution in [1.82, 2.24) is 5.06 Å². The largest absolute Gasteiger partial charge is 0.534 e. The molecule has 1 aliphatic rings. The first kappa shape index (κ1) is 19.4. The zero-order chi connectivity index (χ0) is 17.1. The molecule has 0 aromatic rings. The van der Waals surface area contributed by atoms with E-state index in [2.05, 4.69) is 14.3 Å². The Hall–Kier alpha value is -2.58. The van der Waals surface area contributed by atoms with E-state index in [9.17, 15) is 19.2 Å². The van der Waals surface area contributed by atoms with Crippen LogP contribution >= 0.6 is 0 Å². The molecule has 2 amide bonds. The van der Waals surface area contributed by atoms with E-state index in [1.807, 2.05) is 13.8 Å². The first-order valence-electron chi connectivity index (χ1n) is 6.54. The maximum absolute atomic E-state index is 11.3. The lowest BCUT2D eigenvalue weighted by Gasteiger charge is -2.13. The number of carbonyl (C=O) groups excluding carboxylic acids is 4. The number of methoxy groups -OCH3 is 1. The van der Waals surface area contributed by atoms with Crippen LogP contribution in [0.4, 0.5) is 4.79 Å². The quantitative estimate of drug-likeness (QED) is 0.312. The fourth-order valence-electron chi connectivity index (χ4n) is 1.33. The Bertz CT molecular complexity index is 441. The van der Waals surface area contributed by atoms with Crippen molar-refractivity contribution >= 4 is 24.4 Å². The van der Waals surface area contributed by atoms with Crippen molar-refractivity contribution in [2.24, 2.45) is 0 Å². The molecule has 1 aliphatic heterocycles. The summed E-state index contributed by atoms with van der Waals surface area (Å²) in [7, 11) is 1.29. The minimum atomic E-state index is -1.25. The molecule has 0 radical (unpaired) electrons. The number of hydrogen-bond donors (Lipinski definition) is 0. The average molecular weight is 317 g/mol. The summed E-state index contributed by atoms with van der Waals surface area (Å²) in [5.74, 6) is -1.05. The van der Waals surface area contributed by atoms with Gasteiger partial charge in [-0.2, -0.15) is 0 Å². The van der Waals surface area contributed by atoms with Crippen LogP contribution in [0.25, 0.3) is 0 Å². The summed E-state index contributed by atoms with van der Waals surface area (Å²) in [4.78, 5) is 48.3. The van der Waals surface area contributed by atoms with Crippen molar-refractivity contribution in [2.45, 2.75) is 33.6 Å². The molecule has 1 fully saturated rings. The van der Waals surface area contributed by atoms with Gasteiger partial charge in [-0.3, -0.25) is 19.2 Å². The van der Waals surface area contributed by atoms with E-state index >= 15 is 0 Å². The van der Waals surface area contributed by atoms with E-state index in [4.69, 9.17) is 4.74 Å². The fraction of sp³-hybridized carbons (Fsp3) is 0.538. The first-order valence-corrected chi connectivity index (χ1v) is 6.54. The molecule has 0 aromatic carbocycles. The summed E-state index contributed by atoms with van der Waals surface area (Å²) in [6, 6.07) is 0. The number of amides is 2. The number of nitrogens with zero attached hydrogens (tertiary/aromatic N) is 1. The van der Waals surface area contributed by atoms with Crippen molar-refractivity contribution in [2.75, 3.05) is 13.7 Å². The molecule has 0 bridgehead atoms. The smallest absolute Gasteiger partial charge is 0.494 e. The third kappa shape index (κ3) is 5.81. The van der Waals surface area contributed by atoms with Gasteiger partial charge in [-0.25, -0.2) is 4.79 Å². The zero-order valence-corrected chi connectivity index (χ0v) is 12.9. The topological polar surface area (TPSA) is 108 Å². The average Bonchev–Trinajstić information content (AvgIpc) is 2.82.